The highest BCUT2D eigenvalue weighted by Gasteiger charge is 2.14. The molecule has 2 aliphatic heterocycles. The van der Waals surface area contributed by atoms with Gasteiger partial charge in [-0.05, 0) is 53.4 Å². The monoisotopic (exact) mass is 284 g/mol. The van der Waals surface area contributed by atoms with Gasteiger partial charge < -0.3 is 15.5 Å². The van der Waals surface area contributed by atoms with E-state index in [9.17, 15) is 0 Å². The first-order chi connectivity index (χ1) is 9.49. The van der Waals surface area contributed by atoms with E-state index in [1.54, 1.807) is 0 Å². The summed E-state index contributed by atoms with van der Waals surface area (Å²) in [7, 11) is 2.21. The van der Waals surface area contributed by atoms with Crippen LogP contribution >= 0.6 is 0 Å². The molecule has 0 bridgehead atoms. The van der Waals surface area contributed by atoms with E-state index in [0.29, 0.717) is 6.04 Å². The van der Waals surface area contributed by atoms with Crippen molar-refractivity contribution >= 4 is 0 Å². The molecule has 120 valence electrons. The summed E-state index contributed by atoms with van der Waals surface area (Å²) in [5, 5.41) is 6.79. The molecule has 2 saturated heterocycles. The first-order valence-electron chi connectivity index (χ1n) is 8.38. The molecule has 2 aliphatic rings. The molecule has 0 amide bonds. The van der Waals surface area contributed by atoms with Gasteiger partial charge in [0, 0.05) is 37.8 Å². The Balaban J connectivity index is 0.000000204. The van der Waals surface area contributed by atoms with Crippen LogP contribution in [-0.4, -0.2) is 74.2 Å². The number of nitrogens with zero attached hydrogens (tertiary/aromatic N) is 2. The lowest BCUT2D eigenvalue weighted by molar-refractivity contribution is 0.228. The van der Waals surface area contributed by atoms with Gasteiger partial charge in [-0.3, -0.25) is 4.90 Å². The van der Waals surface area contributed by atoms with Crippen molar-refractivity contribution in [3.63, 3.8) is 0 Å². The SMILES string of the molecule is CC(C)N1CCCN(C)CC1.CC(C)NC1CCNC1. The first-order valence-corrected chi connectivity index (χ1v) is 8.38. The second-order valence-electron chi connectivity index (χ2n) is 6.80. The van der Waals surface area contributed by atoms with Gasteiger partial charge in [-0.25, -0.2) is 0 Å². The largest absolute Gasteiger partial charge is 0.315 e. The van der Waals surface area contributed by atoms with Crippen LogP contribution in [0.2, 0.25) is 0 Å². The second-order valence-corrected chi connectivity index (χ2v) is 6.80. The van der Waals surface area contributed by atoms with Crippen molar-refractivity contribution < 1.29 is 0 Å². The van der Waals surface area contributed by atoms with E-state index in [-0.39, 0.29) is 0 Å². The summed E-state index contributed by atoms with van der Waals surface area (Å²) in [5.74, 6) is 0. The third-order valence-corrected chi connectivity index (χ3v) is 4.11. The molecule has 4 heteroatoms. The van der Waals surface area contributed by atoms with E-state index in [2.05, 4.69) is 55.2 Å². The fourth-order valence-electron chi connectivity index (χ4n) is 2.85. The average Bonchev–Trinajstić information content (AvgIpc) is 2.76. The Labute approximate surface area is 126 Å². The molecule has 2 heterocycles. The Kier molecular flexibility index (Phi) is 8.69. The van der Waals surface area contributed by atoms with Gasteiger partial charge in [0.05, 0.1) is 0 Å². The van der Waals surface area contributed by atoms with Crippen molar-refractivity contribution in [2.75, 3.05) is 46.3 Å². The van der Waals surface area contributed by atoms with Gasteiger partial charge in [-0.1, -0.05) is 13.8 Å². The lowest BCUT2D eigenvalue weighted by Crippen LogP contribution is -2.35. The van der Waals surface area contributed by atoms with Gasteiger partial charge >= 0.3 is 0 Å². The van der Waals surface area contributed by atoms with Gasteiger partial charge in [0.15, 0.2) is 0 Å². The van der Waals surface area contributed by atoms with E-state index >= 15 is 0 Å². The highest BCUT2D eigenvalue weighted by molar-refractivity contribution is 4.78. The molecule has 0 aromatic rings. The third-order valence-electron chi connectivity index (χ3n) is 4.11. The molecule has 2 N–H and O–H groups in total. The molecule has 2 rings (SSSR count). The highest BCUT2D eigenvalue weighted by atomic mass is 15.2. The smallest absolute Gasteiger partial charge is 0.0206 e. The summed E-state index contributed by atoms with van der Waals surface area (Å²) in [6.07, 6.45) is 2.62. The summed E-state index contributed by atoms with van der Waals surface area (Å²) in [6.45, 7) is 16.3. The van der Waals surface area contributed by atoms with Crippen molar-refractivity contribution in [1.29, 1.82) is 0 Å². The van der Waals surface area contributed by atoms with Crippen LogP contribution in [0, 0.1) is 0 Å². The molecule has 0 aliphatic carbocycles. The number of rotatable bonds is 3. The third kappa shape index (κ3) is 7.58. The van der Waals surface area contributed by atoms with Crippen LogP contribution < -0.4 is 10.6 Å². The highest BCUT2D eigenvalue weighted by Crippen LogP contribution is 2.04. The van der Waals surface area contributed by atoms with Gasteiger partial charge in [-0.15, -0.1) is 0 Å². The Morgan fingerprint density at radius 2 is 1.80 bits per heavy atom. The van der Waals surface area contributed by atoms with E-state index in [4.69, 9.17) is 0 Å². The van der Waals surface area contributed by atoms with Crippen LogP contribution in [0.5, 0.6) is 0 Å². The van der Waals surface area contributed by atoms with Crippen LogP contribution in [-0.2, 0) is 0 Å². The standard InChI is InChI=1S/C9H20N2.C7H16N2/c1-9(2)11-6-4-5-10(3)7-8-11;1-6(2)9-7-3-4-8-5-7/h9H,4-8H2,1-3H3;6-9H,3-5H2,1-2H3. The van der Waals surface area contributed by atoms with Crippen molar-refractivity contribution in [3.8, 4) is 0 Å². The maximum atomic E-state index is 3.48. The molecule has 0 spiro atoms. The molecule has 4 nitrogen and oxygen atoms in total. The van der Waals surface area contributed by atoms with E-state index < -0.39 is 0 Å². The molecule has 1 atom stereocenters. The quantitative estimate of drug-likeness (QED) is 0.820. The Hall–Kier alpha value is -0.160. The molecule has 0 aromatic carbocycles. The molecular formula is C16H36N4. The fraction of sp³-hybridized carbons (Fsp3) is 1.00. The predicted octanol–water partition coefficient (Wildman–Crippen LogP) is 1.38. The van der Waals surface area contributed by atoms with Gasteiger partial charge in [-0.2, -0.15) is 0 Å². The van der Waals surface area contributed by atoms with Crippen molar-refractivity contribution in [2.24, 2.45) is 0 Å². The van der Waals surface area contributed by atoms with Crippen molar-refractivity contribution in [3.05, 3.63) is 0 Å². The Morgan fingerprint density at radius 1 is 1.05 bits per heavy atom. The molecule has 0 aromatic heterocycles. The Bertz CT molecular complexity index is 237. The van der Waals surface area contributed by atoms with Crippen LogP contribution in [0.4, 0.5) is 0 Å². The van der Waals surface area contributed by atoms with E-state index in [1.165, 1.54) is 45.6 Å². The maximum Gasteiger partial charge on any atom is 0.0206 e. The fourth-order valence-corrected chi connectivity index (χ4v) is 2.85. The minimum Gasteiger partial charge on any atom is -0.315 e. The normalized spacial score (nSPS) is 25.6. The van der Waals surface area contributed by atoms with Crippen LogP contribution in [0.3, 0.4) is 0 Å². The predicted molar refractivity (Wildman–Crippen MR) is 88.4 cm³/mol. The molecular weight excluding hydrogens is 248 g/mol. The van der Waals surface area contributed by atoms with E-state index in [1.807, 2.05) is 0 Å². The summed E-state index contributed by atoms with van der Waals surface area (Å²) >= 11 is 0. The lowest BCUT2D eigenvalue weighted by Gasteiger charge is -2.23. The molecule has 1 unspecified atom stereocenters. The summed E-state index contributed by atoms with van der Waals surface area (Å²) in [6, 6.07) is 2.08. The summed E-state index contributed by atoms with van der Waals surface area (Å²) in [5.41, 5.74) is 0. The van der Waals surface area contributed by atoms with Gasteiger partial charge in [0.25, 0.3) is 0 Å². The molecule has 20 heavy (non-hydrogen) atoms. The maximum absolute atomic E-state index is 3.48. The number of likely N-dealkylation sites (N-methyl/N-ethyl adjacent to an activating group) is 1. The zero-order valence-corrected chi connectivity index (χ0v) is 14.3. The molecule has 0 saturated carbocycles. The van der Waals surface area contributed by atoms with Crippen LogP contribution in [0.25, 0.3) is 0 Å². The topological polar surface area (TPSA) is 30.5 Å². The number of hydrogen-bond acceptors (Lipinski definition) is 4. The van der Waals surface area contributed by atoms with Crippen molar-refractivity contribution in [2.45, 2.75) is 58.7 Å². The zero-order valence-electron chi connectivity index (χ0n) is 14.3. The van der Waals surface area contributed by atoms with Crippen LogP contribution in [0.1, 0.15) is 40.5 Å². The minimum atomic E-state index is 0.634. The molecule has 0 radical (unpaired) electrons. The number of hydrogen-bond donors (Lipinski definition) is 2. The molecule has 2 fully saturated rings. The summed E-state index contributed by atoms with van der Waals surface area (Å²) < 4.78 is 0. The average molecular weight is 284 g/mol. The number of nitrogens with one attached hydrogen (secondary N) is 2. The Morgan fingerprint density at radius 3 is 2.35 bits per heavy atom. The van der Waals surface area contributed by atoms with Gasteiger partial charge in [0.1, 0.15) is 0 Å². The summed E-state index contributed by atoms with van der Waals surface area (Å²) in [4.78, 5) is 4.98. The zero-order chi connectivity index (χ0) is 15.0. The minimum absolute atomic E-state index is 0.634. The van der Waals surface area contributed by atoms with Gasteiger partial charge in [0.2, 0.25) is 0 Å². The van der Waals surface area contributed by atoms with Crippen LogP contribution in [0.15, 0.2) is 0 Å². The lowest BCUT2D eigenvalue weighted by atomic mass is 10.2. The first kappa shape index (κ1) is 17.9. The second kappa shape index (κ2) is 9.72. The van der Waals surface area contributed by atoms with E-state index in [0.717, 1.165) is 18.6 Å². The van der Waals surface area contributed by atoms with Crippen molar-refractivity contribution in [1.82, 2.24) is 20.4 Å².